The molecule has 604 valence electrons. The zero-order valence-corrected chi connectivity index (χ0v) is 63.0. The van der Waals surface area contributed by atoms with Gasteiger partial charge in [-0.15, -0.1) is 0 Å². The minimum Gasteiger partial charge on any atom is -0.508 e. The number of aromatic hydroxyl groups is 1. The first-order valence-corrected chi connectivity index (χ1v) is 38.4. The van der Waals surface area contributed by atoms with E-state index in [9.17, 15) is 78.8 Å². The number of carboxylic acids is 3. The number of nitrogens with zero attached hydrogens (tertiary/aromatic N) is 5. The SMILES string of the molecule is C[C@@H](O)[C@@H]1NC(=O)[C@H](CCCCN)NC(=O)[C@@H](Cc2ccc(NC(N)=O)cc2)NC(=O)[C@H](Cc2ccc(O)cc2)NC(=O)[C@H](NC(=O)[C@H](Cc2ccc([N+](=O)[O-])cc2)NC(=O)CN2CCN(CC(=O)O)CCN(CC(=O)O)CCN(CC(=O)O)CC2)CSSC[C@@H](C(=O)N[C@@H](Cc2ccc3ccccc3c2)C(N)=O)NC1=O. The highest BCUT2D eigenvalue weighted by Gasteiger charge is 2.38. The highest BCUT2D eigenvalue weighted by atomic mass is 33.1. The van der Waals surface area contributed by atoms with Crippen LogP contribution >= 0.6 is 21.6 Å². The van der Waals surface area contributed by atoms with E-state index in [0.717, 1.165) is 44.5 Å². The van der Waals surface area contributed by atoms with Crippen LogP contribution in [0.3, 0.4) is 0 Å². The summed E-state index contributed by atoms with van der Waals surface area (Å²) in [6, 6.07) is 14.9. The number of aliphatic carboxylic acids is 3. The smallest absolute Gasteiger partial charge is 0.317 e. The van der Waals surface area contributed by atoms with Gasteiger partial charge in [-0.1, -0.05) is 100 Å². The number of benzene rings is 5. The van der Waals surface area contributed by atoms with E-state index in [4.69, 9.17) is 17.2 Å². The summed E-state index contributed by atoms with van der Waals surface area (Å²) >= 11 is 0. The van der Waals surface area contributed by atoms with Crippen molar-refractivity contribution in [1.29, 1.82) is 0 Å². The Kier molecular flexibility index (Phi) is 34.7. The lowest BCUT2D eigenvalue weighted by molar-refractivity contribution is -0.384. The predicted octanol–water partition coefficient (Wildman–Crippen LogP) is -2.04. The summed E-state index contributed by atoms with van der Waals surface area (Å²) < 4.78 is 0. The molecule has 37 nitrogen and oxygen atoms in total. The average molecular weight is 1590 g/mol. The molecular formula is C73H95N17O20S2. The van der Waals surface area contributed by atoms with Crippen molar-refractivity contribution in [1.82, 2.24) is 62.1 Å². The Morgan fingerprint density at radius 3 is 1.56 bits per heavy atom. The third-order valence-corrected chi connectivity index (χ3v) is 20.7. The maximum absolute atomic E-state index is 15.5. The van der Waals surface area contributed by atoms with E-state index >= 15 is 19.2 Å². The van der Waals surface area contributed by atoms with Crippen molar-refractivity contribution in [3.05, 3.63) is 148 Å². The van der Waals surface area contributed by atoms with Crippen molar-refractivity contribution in [2.45, 2.75) is 106 Å². The van der Waals surface area contributed by atoms with Gasteiger partial charge in [0.1, 0.15) is 54.1 Å². The van der Waals surface area contributed by atoms with E-state index < -0.39 is 181 Å². The van der Waals surface area contributed by atoms with Gasteiger partial charge in [-0.05, 0) is 90.0 Å². The number of rotatable bonds is 29. The second-order valence-corrected chi connectivity index (χ2v) is 29.6. The van der Waals surface area contributed by atoms with Crippen molar-refractivity contribution in [2.75, 3.05) is 102 Å². The number of hydrogen-bond donors (Lipinski definition) is 17. The second-order valence-electron chi connectivity index (χ2n) is 27.0. The van der Waals surface area contributed by atoms with Gasteiger partial charge >= 0.3 is 23.9 Å². The quantitative estimate of drug-likeness (QED) is 0.0106. The third kappa shape index (κ3) is 29.6. The number of carbonyl (C=O) groups is 13. The molecular weight excluding hydrogens is 1500 g/mol. The summed E-state index contributed by atoms with van der Waals surface area (Å²) in [6.45, 7) is -0.396. The maximum Gasteiger partial charge on any atom is 0.317 e. The van der Waals surface area contributed by atoms with Crippen molar-refractivity contribution >= 4 is 121 Å². The van der Waals surface area contributed by atoms with E-state index in [1.165, 1.54) is 77.4 Å². The molecule has 112 heavy (non-hydrogen) atoms. The molecule has 2 aliphatic heterocycles. The van der Waals surface area contributed by atoms with Crippen LogP contribution in [0.5, 0.6) is 5.75 Å². The zero-order chi connectivity index (χ0) is 81.6. The molecule has 0 unspecified atom stereocenters. The summed E-state index contributed by atoms with van der Waals surface area (Å²) in [5, 5.41) is 88.1. The van der Waals surface area contributed by atoms with Gasteiger partial charge in [0.05, 0.1) is 37.2 Å². The lowest BCUT2D eigenvalue weighted by Gasteiger charge is -2.33. The maximum atomic E-state index is 15.5. The summed E-state index contributed by atoms with van der Waals surface area (Å²) in [5.74, 6) is -13.8. The van der Waals surface area contributed by atoms with Crippen LogP contribution in [0.2, 0.25) is 0 Å². The molecule has 2 fully saturated rings. The molecule has 11 amide bonds. The topological polar surface area (TPSA) is 565 Å². The van der Waals surface area contributed by atoms with Gasteiger partial charge in [0.2, 0.25) is 53.2 Å². The van der Waals surface area contributed by atoms with Gasteiger partial charge in [-0.3, -0.25) is 87.2 Å². The number of carboxylic acid groups (broad SMARTS) is 3. The first kappa shape index (κ1) is 88.1. The van der Waals surface area contributed by atoms with E-state index in [2.05, 4.69) is 47.9 Å². The number of amides is 11. The number of unbranched alkanes of at least 4 members (excludes halogenated alkanes) is 1. The van der Waals surface area contributed by atoms with Crippen LogP contribution in [0.15, 0.2) is 115 Å². The summed E-state index contributed by atoms with van der Waals surface area (Å²) in [6.07, 6.45) is -2.58. The Morgan fingerprint density at radius 2 is 1.04 bits per heavy atom. The van der Waals surface area contributed by atoms with Gasteiger partial charge < -0.3 is 90.6 Å². The number of nitro groups is 1. The fraction of sp³-hybridized carbons (Fsp3) is 0.438. The molecule has 0 aromatic heterocycles. The first-order valence-electron chi connectivity index (χ1n) is 35.9. The molecule has 0 radical (unpaired) electrons. The summed E-state index contributed by atoms with van der Waals surface area (Å²) in [5.41, 5.74) is 18.6. The van der Waals surface area contributed by atoms with Crippen LogP contribution in [0, 0.1) is 10.1 Å². The molecule has 0 bridgehead atoms. The number of aliphatic hydroxyl groups excluding tert-OH is 1. The van der Waals surface area contributed by atoms with E-state index in [1.54, 1.807) is 28.0 Å². The number of non-ortho nitro benzene ring substituents is 1. The van der Waals surface area contributed by atoms with Crippen LogP contribution in [0.4, 0.5) is 16.2 Å². The number of urea groups is 1. The van der Waals surface area contributed by atoms with Gasteiger partial charge in [-0.2, -0.15) is 0 Å². The second kappa shape index (κ2) is 44.1. The average Bonchev–Trinajstić information content (AvgIpc) is 0.838. The Morgan fingerprint density at radius 1 is 0.562 bits per heavy atom. The minimum absolute atomic E-state index is 0.00193. The first-order chi connectivity index (χ1) is 53.4. The Labute approximate surface area is 651 Å². The van der Waals surface area contributed by atoms with E-state index in [1.807, 2.05) is 24.3 Å². The van der Waals surface area contributed by atoms with Crippen LogP contribution in [-0.2, 0) is 83.2 Å². The van der Waals surface area contributed by atoms with Crippen molar-refractivity contribution in [3.8, 4) is 5.75 Å². The molecule has 39 heteroatoms. The van der Waals surface area contributed by atoms with Crippen LogP contribution in [-0.4, -0.2) is 278 Å². The lowest BCUT2D eigenvalue weighted by atomic mass is 10.0. The highest BCUT2D eigenvalue weighted by molar-refractivity contribution is 8.76. The number of fused-ring (bicyclic) bond motifs is 1. The number of aliphatic hydroxyl groups is 1. The fourth-order valence-electron chi connectivity index (χ4n) is 12.3. The van der Waals surface area contributed by atoms with E-state index in [-0.39, 0.29) is 114 Å². The Hall–Kier alpha value is -11.1. The number of primary amides is 2. The fourth-order valence-corrected chi connectivity index (χ4v) is 14.6. The van der Waals surface area contributed by atoms with Crippen molar-refractivity contribution in [3.63, 3.8) is 0 Å². The number of nitrogens with one attached hydrogen (secondary N) is 9. The summed E-state index contributed by atoms with van der Waals surface area (Å²) in [4.78, 5) is 198. The Balaban J connectivity index is 1.30. The van der Waals surface area contributed by atoms with E-state index in [0.29, 0.717) is 23.1 Å². The molecule has 2 heterocycles. The number of phenols is 1. The zero-order valence-electron chi connectivity index (χ0n) is 61.4. The number of carbonyl (C=O) groups excluding carboxylic acids is 10. The lowest BCUT2D eigenvalue weighted by Crippen LogP contribution is -2.62. The molecule has 0 spiro atoms. The molecule has 5 aromatic rings. The van der Waals surface area contributed by atoms with Crippen LogP contribution < -0.4 is 65.1 Å². The highest BCUT2D eigenvalue weighted by Crippen LogP contribution is 2.25. The molecule has 5 aromatic carbocycles. The van der Waals surface area contributed by atoms with Crippen LogP contribution in [0.25, 0.3) is 10.8 Å². The minimum atomic E-state index is -1.86. The Bertz CT molecular complexity index is 4100. The number of hydrogen-bond acceptors (Lipinski definition) is 24. The third-order valence-electron chi connectivity index (χ3n) is 18.3. The predicted molar refractivity (Wildman–Crippen MR) is 412 cm³/mol. The molecule has 20 N–H and O–H groups in total. The van der Waals surface area contributed by atoms with Crippen LogP contribution in [0.1, 0.15) is 48.4 Å². The molecule has 9 atom stereocenters. The largest absolute Gasteiger partial charge is 0.508 e. The number of nitrogens with two attached hydrogens (primary N) is 3. The summed E-state index contributed by atoms with van der Waals surface area (Å²) in [7, 11) is 1.66. The van der Waals surface area contributed by atoms with Gasteiger partial charge in [0.25, 0.3) is 5.69 Å². The monoisotopic (exact) mass is 1590 g/mol. The standard InChI is InChI=1S/C73H95N17O20S2/c1-43(91)64-72(107)84-59(70(105)80-54(65(75)100)36-47-9-16-48-6-2-3-7-49(48)32-47)42-112-111-41-58(71(106)82-57(35-46-14-21-52(92)22-15-46)69(104)81-56(34-44-10-17-50(18-11-44)77-73(76)108)68(103)79-53(66(101)85-64)8-4-5-23-74)83-67(102)55(33-45-12-19-51(20-13-45)90(109)110)78-60(93)37-86-24-26-87(38-61(94)95)28-30-89(40-63(98)99)31-29-88(27-25-86)39-62(96)97/h2-3,6-7,9-22,32,43,53-59,64,91-92H,4-5,8,23-31,33-42,74H2,1H3,(H2,75,100)(H,78,93)(H,79,103)(H,80,105)(H,81,104)(H,82,106)(H,83,102)(H,84,107)(H,85,101)(H,94,95)(H,96,97)(H,98,99)(H3,76,77,108)/t43-,53+,54+,55+,56-,57+,58-,59+,64+/m1/s1. The van der Waals surface area contributed by atoms with Crippen molar-refractivity contribution < 1.29 is 92.8 Å². The molecule has 7 rings (SSSR count). The van der Waals surface area contributed by atoms with Gasteiger partial charge in [0.15, 0.2) is 0 Å². The van der Waals surface area contributed by atoms with Gasteiger partial charge in [0, 0.05) is 107 Å². The normalized spacial score (nSPS) is 20.3. The molecule has 0 aliphatic carbocycles. The molecule has 2 aliphatic rings. The number of nitro benzene ring substituents is 1. The number of phenolic OH excluding ortho intramolecular Hbond substituents is 1. The molecule has 2 saturated heterocycles. The molecule has 0 saturated carbocycles. The number of anilines is 1. The van der Waals surface area contributed by atoms with Gasteiger partial charge in [-0.25, -0.2) is 4.79 Å². The van der Waals surface area contributed by atoms with Crippen molar-refractivity contribution in [2.24, 2.45) is 17.2 Å².